The Balaban J connectivity index is 1.39. The third-order valence-electron chi connectivity index (χ3n) is 4.69. The molecule has 0 aliphatic carbocycles. The summed E-state index contributed by atoms with van der Waals surface area (Å²) in [6, 6.07) is 16.9. The second-order valence-electron chi connectivity index (χ2n) is 7.01. The summed E-state index contributed by atoms with van der Waals surface area (Å²) in [7, 11) is 0. The summed E-state index contributed by atoms with van der Waals surface area (Å²) in [5.41, 5.74) is 2.19. The number of nitrogens with zero attached hydrogens (tertiary/aromatic N) is 3. The predicted molar refractivity (Wildman–Crippen MR) is 121 cm³/mol. The number of carbonyl (C=O) groups excluding carboxylic acids is 1. The van der Waals surface area contributed by atoms with E-state index in [0.29, 0.717) is 35.8 Å². The minimum atomic E-state index is -0.156. The number of aromatic nitrogens is 3. The molecule has 31 heavy (non-hydrogen) atoms. The third kappa shape index (κ3) is 4.80. The monoisotopic (exact) mass is 416 g/mol. The van der Waals surface area contributed by atoms with Crippen LogP contribution in [0.1, 0.15) is 23.1 Å². The predicted octanol–water partition coefficient (Wildman–Crippen LogP) is 3.87. The molecule has 4 rings (SSSR count). The highest BCUT2D eigenvalue weighted by atomic mass is 16.5. The molecule has 158 valence electrons. The number of hydrogen-bond donors (Lipinski definition) is 3. The van der Waals surface area contributed by atoms with Crippen LogP contribution in [0.5, 0.6) is 0 Å². The number of amides is 1. The summed E-state index contributed by atoms with van der Waals surface area (Å²) >= 11 is 0. The molecular weight excluding hydrogens is 392 g/mol. The molecule has 0 fully saturated rings. The first kappa shape index (κ1) is 20.3. The first-order chi connectivity index (χ1) is 15.1. The van der Waals surface area contributed by atoms with E-state index in [1.807, 2.05) is 56.3 Å². The molecule has 0 atom stereocenters. The van der Waals surface area contributed by atoms with Crippen molar-refractivity contribution < 1.29 is 9.32 Å². The fraction of sp³-hybridized carbons (Fsp3) is 0.217. The summed E-state index contributed by atoms with van der Waals surface area (Å²) in [4.78, 5) is 21.3. The lowest BCUT2D eigenvalue weighted by atomic mass is 10.1. The van der Waals surface area contributed by atoms with Crippen molar-refractivity contribution in [2.75, 3.05) is 30.3 Å². The molecule has 3 N–H and O–H groups in total. The highest BCUT2D eigenvalue weighted by Gasteiger charge is 2.13. The molecule has 0 aliphatic rings. The number of fused-ring (bicyclic) bond motifs is 1. The Bertz CT molecular complexity index is 1190. The molecule has 0 aliphatic heterocycles. The van der Waals surface area contributed by atoms with Gasteiger partial charge in [0.05, 0.1) is 5.39 Å². The van der Waals surface area contributed by atoms with Crippen LogP contribution in [-0.2, 0) is 0 Å². The van der Waals surface area contributed by atoms with Crippen molar-refractivity contribution in [3.05, 3.63) is 66.0 Å². The third-order valence-corrected chi connectivity index (χ3v) is 4.69. The van der Waals surface area contributed by atoms with Crippen molar-refractivity contribution in [2.24, 2.45) is 0 Å². The van der Waals surface area contributed by atoms with Crippen LogP contribution >= 0.6 is 0 Å². The van der Waals surface area contributed by atoms with Crippen LogP contribution in [-0.4, -0.2) is 40.7 Å². The van der Waals surface area contributed by atoms with E-state index in [0.717, 1.165) is 29.1 Å². The molecule has 0 bridgehead atoms. The first-order valence-corrected chi connectivity index (χ1v) is 10.2. The fourth-order valence-corrected chi connectivity index (χ4v) is 3.28. The van der Waals surface area contributed by atoms with Crippen molar-refractivity contribution in [3.8, 4) is 11.3 Å². The van der Waals surface area contributed by atoms with E-state index < -0.39 is 0 Å². The van der Waals surface area contributed by atoms with Gasteiger partial charge in [0.15, 0.2) is 5.76 Å². The van der Waals surface area contributed by atoms with Gasteiger partial charge in [-0.25, -0.2) is 9.97 Å². The number of hydrogen-bond acceptors (Lipinski definition) is 7. The van der Waals surface area contributed by atoms with Gasteiger partial charge < -0.3 is 20.5 Å². The Kier molecular flexibility index (Phi) is 6.07. The van der Waals surface area contributed by atoms with Gasteiger partial charge in [-0.3, -0.25) is 4.79 Å². The molecule has 8 heteroatoms. The lowest BCUT2D eigenvalue weighted by molar-refractivity contribution is 0.0955. The van der Waals surface area contributed by atoms with Crippen LogP contribution in [0.15, 0.2) is 59.1 Å². The lowest BCUT2D eigenvalue weighted by Gasteiger charge is -2.10. The van der Waals surface area contributed by atoms with Crippen molar-refractivity contribution in [1.29, 1.82) is 0 Å². The topological polar surface area (TPSA) is 105 Å². The fourth-order valence-electron chi connectivity index (χ4n) is 3.28. The molecule has 1 amide bonds. The van der Waals surface area contributed by atoms with E-state index in [1.165, 1.54) is 0 Å². The van der Waals surface area contributed by atoms with Gasteiger partial charge in [0.1, 0.15) is 23.0 Å². The highest BCUT2D eigenvalue weighted by Crippen LogP contribution is 2.29. The van der Waals surface area contributed by atoms with Crippen molar-refractivity contribution in [2.45, 2.75) is 13.8 Å². The van der Waals surface area contributed by atoms with Gasteiger partial charge in [0.2, 0.25) is 0 Å². The molecule has 2 heterocycles. The standard InChI is InChI=1S/C23H24N6O2/c1-3-24-20-14-21(28-15(2)27-20)25-11-12-26-23(30)17-9-10-19-18(13-17)22(31-29-19)16-7-5-4-6-8-16/h4-10,13-14H,3,11-12H2,1-2H3,(H,26,30)(H2,24,25,27,28). The normalized spacial score (nSPS) is 10.8. The average Bonchev–Trinajstić information content (AvgIpc) is 3.20. The number of anilines is 2. The molecule has 0 saturated carbocycles. The summed E-state index contributed by atoms with van der Waals surface area (Å²) in [5, 5.41) is 14.2. The molecule has 4 aromatic rings. The van der Waals surface area contributed by atoms with Crippen LogP contribution in [0.25, 0.3) is 22.2 Å². The van der Waals surface area contributed by atoms with E-state index in [9.17, 15) is 4.79 Å². The van der Waals surface area contributed by atoms with Crippen molar-refractivity contribution in [3.63, 3.8) is 0 Å². The van der Waals surface area contributed by atoms with Gasteiger partial charge in [0, 0.05) is 36.8 Å². The Labute approximate surface area is 180 Å². The van der Waals surface area contributed by atoms with Crippen LogP contribution < -0.4 is 16.0 Å². The van der Waals surface area contributed by atoms with Gasteiger partial charge in [0.25, 0.3) is 5.91 Å². The number of benzene rings is 2. The Morgan fingerprint density at radius 3 is 2.52 bits per heavy atom. The van der Waals surface area contributed by atoms with Crippen molar-refractivity contribution in [1.82, 2.24) is 20.4 Å². The Morgan fingerprint density at radius 1 is 0.968 bits per heavy atom. The second kappa shape index (κ2) is 9.25. The zero-order valence-corrected chi connectivity index (χ0v) is 17.5. The summed E-state index contributed by atoms with van der Waals surface area (Å²) < 4.78 is 5.51. The van der Waals surface area contributed by atoms with Gasteiger partial charge in [-0.15, -0.1) is 0 Å². The summed E-state index contributed by atoms with van der Waals surface area (Å²) in [6.07, 6.45) is 0. The maximum atomic E-state index is 12.6. The molecular formula is C23H24N6O2. The molecule has 2 aromatic heterocycles. The number of rotatable bonds is 8. The first-order valence-electron chi connectivity index (χ1n) is 10.2. The summed E-state index contributed by atoms with van der Waals surface area (Å²) in [5.74, 6) is 2.67. The SMILES string of the molecule is CCNc1cc(NCCNC(=O)c2ccc3noc(-c4ccccc4)c3c2)nc(C)n1. The lowest BCUT2D eigenvalue weighted by Crippen LogP contribution is -2.28. The molecule has 2 aromatic carbocycles. The molecule has 0 spiro atoms. The molecule has 0 saturated heterocycles. The Morgan fingerprint density at radius 2 is 1.74 bits per heavy atom. The molecule has 8 nitrogen and oxygen atoms in total. The van der Waals surface area contributed by atoms with Crippen LogP contribution in [0.3, 0.4) is 0 Å². The van der Waals surface area contributed by atoms with E-state index in [1.54, 1.807) is 12.1 Å². The van der Waals surface area contributed by atoms with Gasteiger partial charge in [-0.05, 0) is 32.0 Å². The summed E-state index contributed by atoms with van der Waals surface area (Å²) in [6.45, 7) is 5.64. The molecule has 0 unspecified atom stereocenters. The maximum Gasteiger partial charge on any atom is 0.251 e. The highest BCUT2D eigenvalue weighted by molar-refractivity contribution is 6.00. The minimum absolute atomic E-state index is 0.156. The van der Waals surface area contributed by atoms with E-state index in [4.69, 9.17) is 4.52 Å². The van der Waals surface area contributed by atoms with E-state index >= 15 is 0 Å². The van der Waals surface area contributed by atoms with Crippen LogP contribution in [0.4, 0.5) is 11.6 Å². The van der Waals surface area contributed by atoms with E-state index in [2.05, 4.69) is 31.1 Å². The molecule has 0 radical (unpaired) electrons. The maximum absolute atomic E-state index is 12.6. The van der Waals surface area contributed by atoms with Crippen LogP contribution in [0.2, 0.25) is 0 Å². The number of nitrogens with one attached hydrogen (secondary N) is 3. The van der Waals surface area contributed by atoms with E-state index in [-0.39, 0.29) is 5.91 Å². The van der Waals surface area contributed by atoms with Crippen molar-refractivity contribution >= 4 is 28.4 Å². The van der Waals surface area contributed by atoms with Gasteiger partial charge >= 0.3 is 0 Å². The smallest absolute Gasteiger partial charge is 0.251 e. The van der Waals surface area contributed by atoms with Gasteiger partial charge in [-0.1, -0.05) is 35.5 Å². The quantitative estimate of drug-likeness (QED) is 0.375. The zero-order valence-electron chi connectivity index (χ0n) is 17.5. The largest absolute Gasteiger partial charge is 0.370 e. The second-order valence-corrected chi connectivity index (χ2v) is 7.01. The minimum Gasteiger partial charge on any atom is -0.370 e. The van der Waals surface area contributed by atoms with Gasteiger partial charge in [-0.2, -0.15) is 0 Å². The van der Waals surface area contributed by atoms with Crippen LogP contribution in [0, 0.1) is 6.92 Å². The average molecular weight is 416 g/mol. The Hall–Kier alpha value is -3.94. The number of carbonyl (C=O) groups is 1. The zero-order chi connectivity index (χ0) is 21.6. The number of aryl methyl sites for hydroxylation is 1.